The predicted molar refractivity (Wildman–Crippen MR) is 93.9 cm³/mol. The summed E-state index contributed by atoms with van der Waals surface area (Å²) < 4.78 is 1.94. The number of nitrogens with one attached hydrogen (secondary N) is 1. The molecule has 0 spiro atoms. The number of halogens is 1. The second kappa shape index (κ2) is 8.17. The Kier molecular flexibility index (Phi) is 5.72. The van der Waals surface area contributed by atoms with Gasteiger partial charge in [0.05, 0.1) is 6.54 Å². The van der Waals surface area contributed by atoms with Crippen LogP contribution in [-0.2, 0) is 13.1 Å². The van der Waals surface area contributed by atoms with Crippen LogP contribution in [0.3, 0.4) is 0 Å². The Morgan fingerprint density at radius 1 is 1.12 bits per heavy atom. The third-order valence-corrected chi connectivity index (χ3v) is 4.47. The summed E-state index contributed by atoms with van der Waals surface area (Å²) >= 11 is 5.86. The van der Waals surface area contributed by atoms with E-state index in [2.05, 4.69) is 15.3 Å². The van der Waals surface area contributed by atoms with Crippen LogP contribution in [0.2, 0.25) is 5.02 Å². The molecule has 1 N–H and O–H groups in total. The zero-order valence-electron chi connectivity index (χ0n) is 13.6. The number of rotatable bonds is 5. The van der Waals surface area contributed by atoms with Gasteiger partial charge in [-0.25, -0.2) is 4.79 Å². The van der Waals surface area contributed by atoms with Crippen LogP contribution in [-0.4, -0.2) is 58.3 Å². The predicted octanol–water partition coefficient (Wildman–Crippen LogP) is 2.06. The van der Waals surface area contributed by atoms with E-state index in [4.69, 9.17) is 11.6 Å². The van der Waals surface area contributed by atoms with Crippen LogP contribution >= 0.6 is 11.6 Å². The normalized spacial score (nSPS) is 15.5. The van der Waals surface area contributed by atoms with Crippen molar-refractivity contribution in [1.29, 1.82) is 0 Å². The fourth-order valence-corrected chi connectivity index (χ4v) is 2.87. The molecular weight excluding hydrogens is 326 g/mol. The van der Waals surface area contributed by atoms with Gasteiger partial charge < -0.3 is 10.2 Å². The second-order valence-electron chi connectivity index (χ2n) is 5.88. The quantitative estimate of drug-likeness (QED) is 0.900. The summed E-state index contributed by atoms with van der Waals surface area (Å²) in [5.41, 5.74) is 1.05. The monoisotopic (exact) mass is 347 g/mol. The molecule has 1 aliphatic rings. The average molecular weight is 348 g/mol. The molecule has 2 amide bonds. The molecule has 1 aromatic carbocycles. The van der Waals surface area contributed by atoms with Crippen LogP contribution in [0.1, 0.15) is 5.56 Å². The lowest BCUT2D eigenvalue weighted by Gasteiger charge is -2.34. The number of hydrogen-bond acceptors (Lipinski definition) is 3. The molecule has 2 heterocycles. The van der Waals surface area contributed by atoms with Gasteiger partial charge in [-0.05, 0) is 23.8 Å². The highest BCUT2D eigenvalue weighted by Gasteiger charge is 2.20. The lowest BCUT2D eigenvalue weighted by molar-refractivity contribution is 0.135. The molecule has 0 bridgehead atoms. The Hall–Kier alpha value is -2.05. The van der Waals surface area contributed by atoms with E-state index in [0.29, 0.717) is 11.6 Å². The van der Waals surface area contributed by atoms with Crippen LogP contribution in [0.5, 0.6) is 0 Å². The van der Waals surface area contributed by atoms with Gasteiger partial charge in [0.15, 0.2) is 0 Å². The molecular formula is C17H22ClN5O. The van der Waals surface area contributed by atoms with Crippen molar-refractivity contribution >= 4 is 17.6 Å². The Balaban J connectivity index is 1.37. The van der Waals surface area contributed by atoms with E-state index in [-0.39, 0.29) is 6.03 Å². The molecule has 24 heavy (non-hydrogen) atoms. The standard InChI is InChI=1S/C17H22ClN5O/c18-16-4-2-15(3-5-16)14-19-17(24)22-11-8-21(9-12-22)10-13-23-7-1-6-20-23/h1-7H,8-14H2,(H,19,24). The molecule has 0 atom stereocenters. The first kappa shape index (κ1) is 16.8. The van der Waals surface area contributed by atoms with Crippen molar-refractivity contribution in [3.05, 3.63) is 53.3 Å². The number of benzene rings is 1. The number of amides is 2. The smallest absolute Gasteiger partial charge is 0.317 e. The largest absolute Gasteiger partial charge is 0.334 e. The molecule has 1 aromatic heterocycles. The summed E-state index contributed by atoms with van der Waals surface area (Å²) in [5, 5.41) is 7.88. The van der Waals surface area contributed by atoms with Crippen LogP contribution in [0.15, 0.2) is 42.7 Å². The number of carbonyl (C=O) groups is 1. The molecule has 0 saturated carbocycles. The molecule has 6 nitrogen and oxygen atoms in total. The fourth-order valence-electron chi connectivity index (χ4n) is 2.74. The van der Waals surface area contributed by atoms with Crippen molar-refractivity contribution in [1.82, 2.24) is 24.9 Å². The number of carbonyl (C=O) groups excluding carboxylic acids is 1. The maximum absolute atomic E-state index is 12.2. The van der Waals surface area contributed by atoms with Gasteiger partial charge >= 0.3 is 6.03 Å². The highest BCUT2D eigenvalue weighted by Crippen LogP contribution is 2.09. The summed E-state index contributed by atoms with van der Waals surface area (Å²) in [5.74, 6) is 0. The van der Waals surface area contributed by atoms with Gasteiger partial charge in [-0.15, -0.1) is 0 Å². The van der Waals surface area contributed by atoms with Crippen LogP contribution < -0.4 is 5.32 Å². The number of hydrogen-bond donors (Lipinski definition) is 1. The van der Waals surface area contributed by atoms with Gasteiger partial charge in [-0.3, -0.25) is 9.58 Å². The second-order valence-corrected chi connectivity index (χ2v) is 6.32. The Bertz CT molecular complexity index is 636. The third-order valence-electron chi connectivity index (χ3n) is 4.22. The summed E-state index contributed by atoms with van der Waals surface area (Å²) in [7, 11) is 0. The molecule has 2 aromatic rings. The van der Waals surface area contributed by atoms with Crippen molar-refractivity contribution in [2.45, 2.75) is 13.1 Å². The summed E-state index contributed by atoms with van der Waals surface area (Å²) in [6.45, 7) is 5.68. The van der Waals surface area contributed by atoms with Gasteiger partial charge in [0, 0.05) is 56.7 Å². The minimum Gasteiger partial charge on any atom is -0.334 e. The molecule has 128 valence electrons. The zero-order valence-corrected chi connectivity index (χ0v) is 14.3. The van der Waals surface area contributed by atoms with Gasteiger partial charge in [0.1, 0.15) is 0 Å². The molecule has 7 heteroatoms. The minimum absolute atomic E-state index is 0.00308. The van der Waals surface area contributed by atoms with Gasteiger partial charge in [0.2, 0.25) is 0 Å². The third kappa shape index (κ3) is 4.72. The van der Waals surface area contributed by atoms with Crippen LogP contribution in [0, 0.1) is 0 Å². The van der Waals surface area contributed by atoms with Crippen molar-refractivity contribution in [2.75, 3.05) is 32.7 Å². The number of nitrogens with zero attached hydrogens (tertiary/aromatic N) is 4. The number of urea groups is 1. The van der Waals surface area contributed by atoms with E-state index in [9.17, 15) is 4.79 Å². The van der Waals surface area contributed by atoms with Crippen molar-refractivity contribution in [3.63, 3.8) is 0 Å². The van der Waals surface area contributed by atoms with E-state index >= 15 is 0 Å². The van der Waals surface area contributed by atoms with Crippen molar-refractivity contribution in [2.24, 2.45) is 0 Å². The molecule has 0 unspecified atom stereocenters. The molecule has 0 aliphatic carbocycles. The van der Waals surface area contributed by atoms with Gasteiger partial charge in [-0.1, -0.05) is 23.7 Å². The van der Waals surface area contributed by atoms with E-state index < -0.39 is 0 Å². The number of piperazine rings is 1. The Morgan fingerprint density at radius 2 is 1.88 bits per heavy atom. The lowest BCUT2D eigenvalue weighted by atomic mass is 10.2. The van der Waals surface area contributed by atoms with Crippen LogP contribution in [0.4, 0.5) is 4.79 Å². The molecule has 0 radical (unpaired) electrons. The zero-order chi connectivity index (χ0) is 16.8. The fraction of sp³-hybridized carbons (Fsp3) is 0.412. The summed E-state index contributed by atoms with van der Waals surface area (Å²) in [4.78, 5) is 16.5. The topological polar surface area (TPSA) is 53.4 Å². The first-order valence-electron chi connectivity index (χ1n) is 8.18. The van der Waals surface area contributed by atoms with E-state index in [1.165, 1.54) is 0 Å². The molecule has 1 aliphatic heterocycles. The van der Waals surface area contributed by atoms with Gasteiger partial charge in [-0.2, -0.15) is 5.10 Å². The van der Waals surface area contributed by atoms with E-state index in [1.807, 2.05) is 46.1 Å². The van der Waals surface area contributed by atoms with Crippen molar-refractivity contribution in [3.8, 4) is 0 Å². The van der Waals surface area contributed by atoms with E-state index in [1.54, 1.807) is 6.20 Å². The highest BCUT2D eigenvalue weighted by molar-refractivity contribution is 6.30. The maximum atomic E-state index is 12.2. The summed E-state index contributed by atoms with van der Waals surface area (Å²) in [6, 6.07) is 9.45. The van der Waals surface area contributed by atoms with Gasteiger partial charge in [0.25, 0.3) is 0 Å². The maximum Gasteiger partial charge on any atom is 0.317 e. The van der Waals surface area contributed by atoms with Crippen LogP contribution in [0.25, 0.3) is 0 Å². The average Bonchev–Trinajstić information content (AvgIpc) is 3.13. The Morgan fingerprint density at radius 3 is 2.54 bits per heavy atom. The van der Waals surface area contributed by atoms with E-state index in [0.717, 1.165) is 44.8 Å². The molecule has 1 saturated heterocycles. The van der Waals surface area contributed by atoms with Crippen molar-refractivity contribution < 1.29 is 4.79 Å². The Labute approximate surface area is 147 Å². The first-order chi connectivity index (χ1) is 11.7. The highest BCUT2D eigenvalue weighted by atomic mass is 35.5. The minimum atomic E-state index is -0.00308. The lowest BCUT2D eigenvalue weighted by Crippen LogP contribution is -2.52. The molecule has 1 fully saturated rings. The first-order valence-corrected chi connectivity index (χ1v) is 8.55. The molecule has 3 rings (SSSR count). The number of aromatic nitrogens is 2. The summed E-state index contributed by atoms with van der Waals surface area (Å²) in [6.07, 6.45) is 3.77. The SMILES string of the molecule is O=C(NCc1ccc(Cl)cc1)N1CCN(CCn2cccn2)CC1.